The minimum Gasteiger partial charge on any atom is -0.454 e. The summed E-state index contributed by atoms with van der Waals surface area (Å²) < 4.78 is 6.16. The lowest BCUT2D eigenvalue weighted by molar-refractivity contribution is 0.669. The molecule has 5 aromatic rings. The maximum absolute atomic E-state index is 6.16. The molecule has 0 unspecified atom stereocenters. The van der Waals surface area contributed by atoms with E-state index in [9.17, 15) is 0 Å². The molecule has 3 aromatic carbocycles. The van der Waals surface area contributed by atoms with Crippen LogP contribution in [0.25, 0.3) is 44.5 Å². The van der Waals surface area contributed by atoms with Crippen LogP contribution in [-0.2, 0) is 0 Å². The van der Waals surface area contributed by atoms with Crippen LogP contribution in [0.3, 0.4) is 0 Å². The molecule has 0 spiro atoms. The fraction of sp³-hybridized carbons (Fsp3) is 0. The Labute approximate surface area is 155 Å². The lowest BCUT2D eigenvalue weighted by Crippen LogP contribution is -1.88. The second kappa shape index (κ2) is 6.01. The molecule has 0 amide bonds. The Morgan fingerprint density at radius 1 is 0.731 bits per heavy atom. The molecule has 0 bridgehead atoms. The Bertz CT molecular complexity index is 1220. The van der Waals surface area contributed by atoms with Crippen molar-refractivity contribution in [2.75, 3.05) is 0 Å². The van der Waals surface area contributed by atoms with Gasteiger partial charge in [-0.25, -0.2) is 4.98 Å². The normalized spacial score (nSPS) is 11.3. The molecule has 0 aliphatic heterocycles. The second-order valence-corrected chi connectivity index (χ2v) is 6.64. The average Bonchev–Trinajstić information content (AvgIpc) is 3.07. The van der Waals surface area contributed by atoms with Gasteiger partial charge in [0.2, 0.25) is 0 Å². The van der Waals surface area contributed by atoms with Gasteiger partial charge in [-0.2, -0.15) is 0 Å². The van der Waals surface area contributed by atoms with Gasteiger partial charge in [0.1, 0.15) is 11.1 Å². The molecule has 3 heteroatoms. The standard InChI is InChI=1S/C23H14ClNO/c24-17-12-10-16(11-13-17)20-14-19(15-6-2-1-3-7-15)23-22(25-20)18-8-4-5-9-21(18)26-23/h1-14H. The summed E-state index contributed by atoms with van der Waals surface area (Å²) >= 11 is 6.05. The molecule has 0 radical (unpaired) electrons. The Morgan fingerprint density at radius 2 is 1.46 bits per heavy atom. The van der Waals surface area contributed by atoms with E-state index in [0.717, 1.165) is 44.5 Å². The van der Waals surface area contributed by atoms with Crippen LogP contribution in [0.15, 0.2) is 89.3 Å². The lowest BCUT2D eigenvalue weighted by Gasteiger charge is -2.07. The predicted octanol–water partition coefficient (Wildman–Crippen LogP) is 6.97. The Morgan fingerprint density at radius 3 is 2.27 bits per heavy atom. The van der Waals surface area contributed by atoms with Crippen LogP contribution >= 0.6 is 11.6 Å². The minimum atomic E-state index is 0.715. The third kappa shape index (κ3) is 2.47. The van der Waals surface area contributed by atoms with E-state index in [4.69, 9.17) is 21.0 Å². The Balaban J connectivity index is 1.87. The number of furan rings is 1. The van der Waals surface area contributed by atoms with E-state index in [2.05, 4.69) is 24.3 Å². The smallest absolute Gasteiger partial charge is 0.161 e. The molecular formula is C23H14ClNO. The highest BCUT2D eigenvalue weighted by Gasteiger charge is 2.16. The van der Waals surface area contributed by atoms with Gasteiger partial charge in [0.15, 0.2) is 5.58 Å². The van der Waals surface area contributed by atoms with Gasteiger partial charge < -0.3 is 4.42 Å². The number of halogens is 1. The van der Waals surface area contributed by atoms with Gasteiger partial charge in [-0.3, -0.25) is 0 Å². The van der Waals surface area contributed by atoms with Gasteiger partial charge in [0, 0.05) is 21.5 Å². The first kappa shape index (κ1) is 15.2. The van der Waals surface area contributed by atoms with Crippen molar-refractivity contribution in [2.24, 2.45) is 0 Å². The fourth-order valence-corrected chi connectivity index (χ4v) is 3.41. The summed E-state index contributed by atoms with van der Waals surface area (Å²) in [6, 6.07) is 28.1. The molecule has 2 nitrogen and oxygen atoms in total. The van der Waals surface area contributed by atoms with Gasteiger partial charge >= 0.3 is 0 Å². The highest BCUT2D eigenvalue weighted by molar-refractivity contribution is 6.30. The molecule has 0 aliphatic carbocycles. The highest BCUT2D eigenvalue weighted by atomic mass is 35.5. The Hall–Kier alpha value is -3.10. The molecule has 2 heterocycles. The second-order valence-electron chi connectivity index (χ2n) is 6.20. The van der Waals surface area contributed by atoms with Crippen molar-refractivity contribution in [3.05, 3.63) is 90.0 Å². The monoisotopic (exact) mass is 355 g/mol. The number of aromatic nitrogens is 1. The molecule has 0 saturated heterocycles. The number of nitrogens with zero attached hydrogens (tertiary/aromatic N) is 1. The van der Waals surface area contributed by atoms with Gasteiger partial charge in [-0.15, -0.1) is 0 Å². The quantitative estimate of drug-likeness (QED) is 0.342. The van der Waals surface area contributed by atoms with Crippen molar-refractivity contribution in [3.63, 3.8) is 0 Å². The first-order valence-corrected chi connectivity index (χ1v) is 8.81. The fourth-order valence-electron chi connectivity index (χ4n) is 3.28. The molecule has 0 saturated carbocycles. The first-order valence-electron chi connectivity index (χ1n) is 8.43. The summed E-state index contributed by atoms with van der Waals surface area (Å²) in [7, 11) is 0. The molecule has 0 fully saturated rings. The van der Waals surface area contributed by atoms with Crippen molar-refractivity contribution in [1.29, 1.82) is 0 Å². The third-order valence-electron chi connectivity index (χ3n) is 4.55. The zero-order chi connectivity index (χ0) is 17.5. The number of hydrogen-bond donors (Lipinski definition) is 0. The molecule has 124 valence electrons. The van der Waals surface area contributed by atoms with Crippen LogP contribution in [0.4, 0.5) is 0 Å². The number of pyridine rings is 1. The predicted molar refractivity (Wildman–Crippen MR) is 107 cm³/mol. The summed E-state index contributed by atoms with van der Waals surface area (Å²) in [5.74, 6) is 0. The van der Waals surface area contributed by atoms with Crippen LogP contribution in [0, 0.1) is 0 Å². The van der Waals surface area contributed by atoms with Crippen LogP contribution in [0.5, 0.6) is 0 Å². The SMILES string of the molecule is Clc1ccc(-c2cc(-c3ccccc3)c3oc4ccccc4c3n2)cc1. The summed E-state index contributed by atoms with van der Waals surface area (Å²) in [4.78, 5) is 4.91. The van der Waals surface area contributed by atoms with Crippen LogP contribution in [0.1, 0.15) is 0 Å². The van der Waals surface area contributed by atoms with Gasteiger partial charge in [0.05, 0.1) is 5.69 Å². The summed E-state index contributed by atoms with van der Waals surface area (Å²) in [6.45, 7) is 0. The van der Waals surface area contributed by atoms with Gasteiger partial charge in [0.25, 0.3) is 0 Å². The van der Waals surface area contributed by atoms with E-state index >= 15 is 0 Å². The van der Waals surface area contributed by atoms with E-state index < -0.39 is 0 Å². The van der Waals surface area contributed by atoms with E-state index in [1.807, 2.05) is 60.7 Å². The summed E-state index contributed by atoms with van der Waals surface area (Å²) in [6.07, 6.45) is 0. The van der Waals surface area contributed by atoms with Crippen LogP contribution < -0.4 is 0 Å². The molecule has 26 heavy (non-hydrogen) atoms. The maximum Gasteiger partial charge on any atom is 0.161 e. The van der Waals surface area contributed by atoms with Crippen molar-refractivity contribution >= 4 is 33.7 Å². The van der Waals surface area contributed by atoms with E-state index in [1.165, 1.54) is 0 Å². The van der Waals surface area contributed by atoms with Crippen molar-refractivity contribution in [2.45, 2.75) is 0 Å². The van der Waals surface area contributed by atoms with E-state index in [0.29, 0.717) is 5.02 Å². The van der Waals surface area contributed by atoms with Gasteiger partial charge in [-0.1, -0.05) is 66.2 Å². The topological polar surface area (TPSA) is 26.0 Å². The minimum absolute atomic E-state index is 0.715. The number of rotatable bonds is 2. The van der Waals surface area contributed by atoms with Crippen molar-refractivity contribution in [1.82, 2.24) is 4.98 Å². The zero-order valence-corrected chi connectivity index (χ0v) is 14.6. The molecular weight excluding hydrogens is 342 g/mol. The highest BCUT2D eigenvalue weighted by Crippen LogP contribution is 2.37. The molecule has 2 aromatic heterocycles. The van der Waals surface area contributed by atoms with E-state index in [-0.39, 0.29) is 0 Å². The Kier molecular flexibility index (Phi) is 3.51. The van der Waals surface area contributed by atoms with E-state index in [1.54, 1.807) is 0 Å². The van der Waals surface area contributed by atoms with Crippen molar-refractivity contribution < 1.29 is 4.42 Å². The zero-order valence-electron chi connectivity index (χ0n) is 13.8. The molecule has 5 rings (SSSR count). The first-order chi connectivity index (χ1) is 12.8. The third-order valence-corrected chi connectivity index (χ3v) is 4.80. The largest absolute Gasteiger partial charge is 0.454 e. The van der Waals surface area contributed by atoms with Crippen LogP contribution in [0.2, 0.25) is 5.02 Å². The maximum atomic E-state index is 6.16. The van der Waals surface area contributed by atoms with Crippen molar-refractivity contribution in [3.8, 4) is 22.4 Å². The number of fused-ring (bicyclic) bond motifs is 3. The molecule has 0 N–H and O–H groups in total. The summed E-state index contributed by atoms with van der Waals surface area (Å²) in [5.41, 5.74) is 6.62. The number of benzene rings is 3. The lowest BCUT2D eigenvalue weighted by atomic mass is 10.0. The number of para-hydroxylation sites is 1. The van der Waals surface area contributed by atoms with Crippen LogP contribution in [-0.4, -0.2) is 4.98 Å². The molecule has 0 atom stereocenters. The van der Waals surface area contributed by atoms with Gasteiger partial charge in [-0.05, 0) is 35.9 Å². The summed E-state index contributed by atoms with van der Waals surface area (Å²) in [5, 5.41) is 1.74. The average molecular weight is 356 g/mol. The molecule has 0 aliphatic rings. The number of hydrogen-bond acceptors (Lipinski definition) is 2.